The van der Waals surface area contributed by atoms with E-state index in [1.807, 2.05) is 48.5 Å². The van der Waals surface area contributed by atoms with Gasteiger partial charge < -0.3 is 4.74 Å². The fourth-order valence-corrected chi connectivity index (χ4v) is 6.47. The highest BCUT2D eigenvalue weighted by Crippen LogP contribution is 2.28. The van der Waals surface area contributed by atoms with Gasteiger partial charge in [-0.05, 0) is 59.7 Å². The Morgan fingerprint density at radius 3 is 1.65 bits per heavy atom. The number of hydrogen-bond donors (Lipinski definition) is 0. The minimum Gasteiger partial charge on any atom is -0.367 e. The lowest BCUT2D eigenvalue weighted by Crippen LogP contribution is -2.49. The summed E-state index contributed by atoms with van der Waals surface area (Å²) in [6.07, 6.45) is 0.804. The average molecular weight is 584 g/mol. The zero-order valence-corrected chi connectivity index (χ0v) is 23.4. The first-order valence-electron chi connectivity index (χ1n) is 11.7. The van der Waals surface area contributed by atoms with E-state index in [1.54, 1.807) is 0 Å². The molecular formula is C26H28Cl2N2O5S2. The van der Waals surface area contributed by atoms with E-state index >= 15 is 0 Å². The van der Waals surface area contributed by atoms with E-state index in [0.717, 1.165) is 17.4 Å². The van der Waals surface area contributed by atoms with E-state index in [9.17, 15) is 16.8 Å². The van der Waals surface area contributed by atoms with Gasteiger partial charge in [0.2, 0.25) is 10.0 Å². The van der Waals surface area contributed by atoms with Crippen molar-refractivity contribution in [2.75, 3.05) is 45.6 Å². The van der Waals surface area contributed by atoms with Crippen molar-refractivity contribution in [1.29, 1.82) is 0 Å². The van der Waals surface area contributed by atoms with Crippen molar-refractivity contribution in [3.05, 3.63) is 94.0 Å². The molecule has 0 N–H and O–H groups in total. The smallest absolute Gasteiger partial charge is 0.243 e. The molecule has 11 heteroatoms. The Hall–Kier alpha value is -1.98. The van der Waals surface area contributed by atoms with Crippen molar-refractivity contribution >= 4 is 43.1 Å². The molecule has 3 aromatic rings. The van der Waals surface area contributed by atoms with Crippen molar-refractivity contribution in [3.63, 3.8) is 0 Å². The standard InChI is InChI=1S/C26H28Cl2N2O5S2/c1-36(31,32)24-10-12-25(13-11-24)37(33,34)30-16-14-29(15-17-30)18-19-35-26(20-2-6-22(27)7-3-20)21-4-8-23(28)9-5-21/h2-13,26H,14-19H2,1H3. The maximum atomic E-state index is 13.0. The highest BCUT2D eigenvalue weighted by atomic mass is 35.5. The molecule has 1 heterocycles. The Labute approximate surface area is 228 Å². The Morgan fingerprint density at radius 1 is 0.730 bits per heavy atom. The molecule has 4 rings (SSSR count). The van der Waals surface area contributed by atoms with E-state index < -0.39 is 19.9 Å². The number of hydrogen-bond acceptors (Lipinski definition) is 6. The van der Waals surface area contributed by atoms with Gasteiger partial charge in [0, 0.05) is 49.0 Å². The van der Waals surface area contributed by atoms with Crippen LogP contribution < -0.4 is 0 Å². The lowest BCUT2D eigenvalue weighted by atomic mass is 10.0. The summed E-state index contributed by atoms with van der Waals surface area (Å²) in [6, 6.07) is 20.4. The van der Waals surface area contributed by atoms with Crippen molar-refractivity contribution in [3.8, 4) is 0 Å². The number of halogens is 2. The first-order chi connectivity index (χ1) is 17.5. The van der Waals surface area contributed by atoms with Crippen LogP contribution in [-0.2, 0) is 24.6 Å². The maximum Gasteiger partial charge on any atom is 0.243 e. The fraction of sp³-hybridized carbons (Fsp3) is 0.308. The Bertz CT molecular complexity index is 1360. The number of rotatable bonds is 9. The average Bonchev–Trinajstić information content (AvgIpc) is 2.88. The highest BCUT2D eigenvalue weighted by molar-refractivity contribution is 7.90. The SMILES string of the molecule is CS(=O)(=O)c1ccc(S(=O)(=O)N2CCN(CCOC(c3ccc(Cl)cc3)c3ccc(Cl)cc3)CC2)cc1. The molecule has 7 nitrogen and oxygen atoms in total. The molecule has 37 heavy (non-hydrogen) atoms. The molecule has 0 unspecified atom stereocenters. The van der Waals surface area contributed by atoms with Crippen LogP contribution in [0.2, 0.25) is 10.0 Å². The summed E-state index contributed by atoms with van der Waals surface area (Å²) in [7, 11) is -7.09. The molecule has 0 aromatic heterocycles. The first-order valence-corrected chi connectivity index (χ1v) is 15.8. The monoisotopic (exact) mass is 582 g/mol. The van der Waals surface area contributed by atoms with Crippen LogP contribution >= 0.6 is 23.2 Å². The highest BCUT2D eigenvalue weighted by Gasteiger charge is 2.29. The summed E-state index contributed by atoms with van der Waals surface area (Å²) in [5.41, 5.74) is 1.95. The Balaban J connectivity index is 1.34. The summed E-state index contributed by atoms with van der Waals surface area (Å²) in [5.74, 6) is 0. The van der Waals surface area contributed by atoms with Gasteiger partial charge in [-0.15, -0.1) is 0 Å². The molecule has 1 saturated heterocycles. The quantitative estimate of drug-likeness (QED) is 0.369. The molecule has 1 aliphatic rings. The van der Waals surface area contributed by atoms with Crippen molar-refractivity contribution in [2.24, 2.45) is 0 Å². The fourth-order valence-electron chi connectivity index (χ4n) is 4.16. The first kappa shape index (κ1) is 28.0. The van der Waals surface area contributed by atoms with Crippen LogP contribution in [0.1, 0.15) is 17.2 Å². The minimum absolute atomic E-state index is 0.0884. The third-order valence-electron chi connectivity index (χ3n) is 6.26. The third-order valence-corrected chi connectivity index (χ3v) is 9.80. The number of benzene rings is 3. The van der Waals surface area contributed by atoms with Crippen molar-refractivity contribution < 1.29 is 21.6 Å². The number of piperazine rings is 1. The molecule has 1 fully saturated rings. The number of ether oxygens (including phenoxy) is 1. The number of nitrogens with zero attached hydrogens (tertiary/aromatic N) is 2. The van der Waals surface area contributed by atoms with E-state index in [4.69, 9.17) is 27.9 Å². The lowest BCUT2D eigenvalue weighted by Gasteiger charge is -2.34. The van der Waals surface area contributed by atoms with Gasteiger partial charge in [-0.25, -0.2) is 16.8 Å². The topological polar surface area (TPSA) is 84.0 Å². The van der Waals surface area contributed by atoms with Gasteiger partial charge in [-0.2, -0.15) is 4.31 Å². The van der Waals surface area contributed by atoms with Crippen LogP contribution in [0, 0.1) is 0 Å². The number of sulfonamides is 1. The van der Waals surface area contributed by atoms with Gasteiger partial charge in [0.1, 0.15) is 6.10 Å². The normalized spacial score (nSPS) is 15.8. The second-order valence-electron chi connectivity index (χ2n) is 8.84. The van der Waals surface area contributed by atoms with Crippen LogP contribution in [0.5, 0.6) is 0 Å². The molecule has 198 valence electrons. The van der Waals surface area contributed by atoms with Crippen LogP contribution in [0.25, 0.3) is 0 Å². The molecule has 0 amide bonds. The van der Waals surface area contributed by atoms with Gasteiger partial charge in [0.25, 0.3) is 0 Å². The maximum absolute atomic E-state index is 13.0. The van der Waals surface area contributed by atoms with E-state index in [-0.39, 0.29) is 15.9 Å². The summed E-state index contributed by atoms with van der Waals surface area (Å²) in [5, 5.41) is 1.30. The van der Waals surface area contributed by atoms with Gasteiger partial charge in [0.15, 0.2) is 9.84 Å². The summed E-state index contributed by atoms with van der Waals surface area (Å²) < 4.78 is 57.1. The third kappa shape index (κ3) is 7.11. The molecule has 0 atom stereocenters. The predicted molar refractivity (Wildman–Crippen MR) is 145 cm³/mol. The molecule has 0 radical (unpaired) electrons. The molecular weight excluding hydrogens is 555 g/mol. The van der Waals surface area contributed by atoms with Crippen molar-refractivity contribution in [2.45, 2.75) is 15.9 Å². The van der Waals surface area contributed by atoms with E-state index in [2.05, 4.69) is 4.90 Å². The van der Waals surface area contributed by atoms with E-state index in [0.29, 0.717) is 49.4 Å². The van der Waals surface area contributed by atoms with Crippen LogP contribution in [0.3, 0.4) is 0 Å². The Kier molecular flexibility index (Phi) is 8.96. The second kappa shape index (κ2) is 11.8. The van der Waals surface area contributed by atoms with Gasteiger partial charge in [-0.3, -0.25) is 4.90 Å². The van der Waals surface area contributed by atoms with E-state index in [1.165, 1.54) is 28.6 Å². The van der Waals surface area contributed by atoms with Gasteiger partial charge in [0.05, 0.1) is 16.4 Å². The zero-order valence-electron chi connectivity index (χ0n) is 20.3. The molecule has 0 saturated carbocycles. The summed E-state index contributed by atoms with van der Waals surface area (Å²) in [6.45, 7) is 2.92. The largest absolute Gasteiger partial charge is 0.367 e. The predicted octanol–water partition coefficient (Wildman–Crippen LogP) is 4.51. The number of sulfone groups is 1. The summed E-state index contributed by atoms with van der Waals surface area (Å²) >= 11 is 12.1. The molecule has 0 bridgehead atoms. The molecule has 0 spiro atoms. The minimum atomic E-state index is -3.70. The summed E-state index contributed by atoms with van der Waals surface area (Å²) in [4.78, 5) is 2.34. The van der Waals surface area contributed by atoms with Crippen LogP contribution in [0.4, 0.5) is 0 Å². The molecule has 1 aliphatic heterocycles. The van der Waals surface area contributed by atoms with Crippen LogP contribution in [-0.4, -0.2) is 71.6 Å². The van der Waals surface area contributed by atoms with Gasteiger partial charge >= 0.3 is 0 Å². The van der Waals surface area contributed by atoms with Gasteiger partial charge in [-0.1, -0.05) is 47.5 Å². The van der Waals surface area contributed by atoms with Crippen LogP contribution in [0.15, 0.2) is 82.6 Å². The molecule has 3 aromatic carbocycles. The molecule has 0 aliphatic carbocycles. The lowest BCUT2D eigenvalue weighted by molar-refractivity contribution is 0.0527. The second-order valence-corrected chi connectivity index (χ2v) is 13.7. The Morgan fingerprint density at radius 2 is 1.19 bits per heavy atom. The zero-order chi connectivity index (χ0) is 26.6. The van der Waals surface area contributed by atoms with Crippen molar-refractivity contribution in [1.82, 2.24) is 9.21 Å².